The van der Waals surface area contributed by atoms with Crippen LogP contribution in [0.1, 0.15) is 16.0 Å². The van der Waals surface area contributed by atoms with Gasteiger partial charge in [-0.25, -0.2) is 10.4 Å². The van der Waals surface area contributed by atoms with E-state index in [9.17, 15) is 35.9 Å². The van der Waals surface area contributed by atoms with E-state index in [0.717, 1.165) is 28.1 Å². The van der Waals surface area contributed by atoms with Crippen LogP contribution >= 0.6 is 35.3 Å². The number of alkyl halides is 6. The van der Waals surface area contributed by atoms with Crippen LogP contribution in [0.4, 0.5) is 26.3 Å². The smallest absolute Gasteiger partial charge is 0.416 e. The standard InChI is InChI=1S/C18H10F6N2O3S3/c19-17(20,21)10-1-8(2-11(4-10)18(22,23)24)9-3-12(31-7-9)5-13-15(29)26(16(30)32-13)25-6-14(27)28/h1-5,7,25H,6H2,(H,27,28). The molecule has 2 heterocycles. The number of thiophene rings is 1. The molecule has 0 unspecified atom stereocenters. The summed E-state index contributed by atoms with van der Waals surface area (Å²) in [7, 11) is 0. The Morgan fingerprint density at radius 1 is 1.06 bits per heavy atom. The second-order valence-electron chi connectivity index (χ2n) is 6.28. The lowest BCUT2D eigenvalue weighted by Gasteiger charge is -2.13. The van der Waals surface area contributed by atoms with Gasteiger partial charge in [-0.2, -0.15) is 26.3 Å². The van der Waals surface area contributed by atoms with Crippen LogP contribution in [0.25, 0.3) is 17.2 Å². The van der Waals surface area contributed by atoms with E-state index in [-0.39, 0.29) is 26.4 Å². The Morgan fingerprint density at radius 2 is 1.66 bits per heavy atom. The summed E-state index contributed by atoms with van der Waals surface area (Å²) < 4.78 is 78.5. The number of rotatable bonds is 5. The molecule has 14 heteroatoms. The van der Waals surface area contributed by atoms with E-state index in [1.807, 2.05) is 0 Å². The number of nitrogens with one attached hydrogen (secondary N) is 1. The molecule has 1 aromatic carbocycles. The van der Waals surface area contributed by atoms with E-state index in [2.05, 4.69) is 5.43 Å². The van der Waals surface area contributed by atoms with Gasteiger partial charge in [-0.3, -0.25) is 9.59 Å². The number of carbonyl (C=O) groups excluding carboxylic acids is 1. The van der Waals surface area contributed by atoms with Gasteiger partial charge in [0.05, 0.1) is 16.0 Å². The fourth-order valence-corrected chi connectivity index (χ4v) is 4.71. The number of carboxylic acids is 1. The molecule has 170 valence electrons. The maximum absolute atomic E-state index is 13.1. The average molecular weight is 512 g/mol. The van der Waals surface area contributed by atoms with Gasteiger partial charge in [-0.1, -0.05) is 24.0 Å². The van der Waals surface area contributed by atoms with E-state index in [1.54, 1.807) is 0 Å². The molecule has 1 aliphatic rings. The Balaban J connectivity index is 1.92. The molecular weight excluding hydrogens is 502 g/mol. The minimum atomic E-state index is -4.97. The number of carbonyl (C=O) groups is 2. The molecule has 0 spiro atoms. The zero-order valence-electron chi connectivity index (χ0n) is 15.4. The lowest BCUT2D eigenvalue weighted by Crippen LogP contribution is -2.43. The summed E-state index contributed by atoms with van der Waals surface area (Å²) >= 11 is 6.87. The highest BCUT2D eigenvalue weighted by molar-refractivity contribution is 8.26. The van der Waals surface area contributed by atoms with Crippen molar-refractivity contribution < 1.29 is 41.0 Å². The molecule has 2 aromatic rings. The Bertz CT molecular complexity index is 1090. The third-order valence-electron chi connectivity index (χ3n) is 4.00. The molecule has 1 aromatic heterocycles. The molecule has 1 aliphatic heterocycles. The largest absolute Gasteiger partial charge is 0.480 e. The zero-order chi connectivity index (χ0) is 23.8. The summed E-state index contributed by atoms with van der Waals surface area (Å²) in [6.07, 6.45) is -8.56. The van der Waals surface area contributed by atoms with E-state index >= 15 is 0 Å². The van der Waals surface area contributed by atoms with E-state index in [0.29, 0.717) is 17.0 Å². The van der Waals surface area contributed by atoms with Gasteiger partial charge in [0.25, 0.3) is 5.91 Å². The first-order valence-corrected chi connectivity index (χ1v) is 10.5. The predicted octanol–water partition coefficient (Wildman–Crippen LogP) is 5.24. The Labute approximate surface area is 189 Å². The summed E-state index contributed by atoms with van der Waals surface area (Å²) in [4.78, 5) is 23.5. The van der Waals surface area contributed by atoms with Crippen molar-refractivity contribution in [3.63, 3.8) is 0 Å². The summed E-state index contributed by atoms with van der Waals surface area (Å²) in [5, 5.41) is 10.9. The molecule has 0 radical (unpaired) electrons. The molecular formula is C18H10F6N2O3S3. The maximum atomic E-state index is 13.1. The Morgan fingerprint density at radius 3 is 2.19 bits per heavy atom. The summed E-state index contributed by atoms with van der Waals surface area (Å²) in [5.74, 6) is -1.85. The Hall–Kier alpha value is -2.42. The quantitative estimate of drug-likeness (QED) is 0.324. The maximum Gasteiger partial charge on any atom is 0.416 e. The monoisotopic (exact) mass is 512 g/mol. The van der Waals surface area contributed by atoms with Crippen LogP contribution in [0, 0.1) is 0 Å². The number of nitrogens with zero attached hydrogens (tertiary/aromatic N) is 1. The van der Waals surface area contributed by atoms with Gasteiger partial charge in [0.2, 0.25) is 0 Å². The number of benzene rings is 1. The average Bonchev–Trinajstić information content (AvgIpc) is 3.23. The van der Waals surface area contributed by atoms with Crippen molar-refractivity contribution in [3.8, 4) is 11.1 Å². The SMILES string of the molecule is O=C(O)CNN1C(=O)C(=Cc2cc(-c3cc(C(F)(F)F)cc(C(F)(F)F)c3)cs2)SC1=S. The lowest BCUT2D eigenvalue weighted by molar-refractivity contribution is -0.143. The molecule has 0 atom stereocenters. The van der Waals surface area contributed by atoms with Crippen LogP contribution in [-0.4, -0.2) is 32.9 Å². The first kappa shape index (κ1) is 24.2. The molecule has 0 saturated carbocycles. The van der Waals surface area contributed by atoms with Crippen molar-refractivity contribution in [2.75, 3.05) is 6.54 Å². The molecule has 0 bridgehead atoms. The van der Waals surface area contributed by atoms with Gasteiger partial charge < -0.3 is 5.11 Å². The van der Waals surface area contributed by atoms with Crippen molar-refractivity contribution in [1.29, 1.82) is 0 Å². The molecule has 0 aliphatic carbocycles. The number of hydrogen-bond acceptors (Lipinski definition) is 6. The van der Waals surface area contributed by atoms with E-state index in [1.165, 1.54) is 17.5 Å². The molecule has 2 N–H and O–H groups in total. The highest BCUT2D eigenvalue weighted by Crippen LogP contribution is 2.40. The van der Waals surface area contributed by atoms with Gasteiger partial charge in [0, 0.05) is 4.88 Å². The third-order valence-corrected chi connectivity index (χ3v) is 6.18. The lowest BCUT2D eigenvalue weighted by atomic mass is 10.0. The molecule has 32 heavy (non-hydrogen) atoms. The summed E-state index contributed by atoms with van der Waals surface area (Å²) in [5.41, 5.74) is -0.691. The van der Waals surface area contributed by atoms with Crippen molar-refractivity contribution in [3.05, 3.63) is 50.6 Å². The predicted molar refractivity (Wildman–Crippen MR) is 110 cm³/mol. The van der Waals surface area contributed by atoms with Crippen LogP contribution in [-0.2, 0) is 21.9 Å². The third kappa shape index (κ3) is 5.49. The zero-order valence-corrected chi connectivity index (χ0v) is 17.8. The number of halogens is 6. The first-order chi connectivity index (χ1) is 14.8. The Kier molecular flexibility index (Phi) is 6.70. The minimum Gasteiger partial charge on any atom is -0.480 e. The fraction of sp³-hybridized carbons (Fsp3) is 0.167. The van der Waals surface area contributed by atoms with E-state index < -0.39 is 41.9 Å². The number of aliphatic carboxylic acids is 1. The summed E-state index contributed by atoms with van der Waals surface area (Å²) in [6.45, 7) is -0.556. The van der Waals surface area contributed by atoms with Gasteiger partial charge >= 0.3 is 18.3 Å². The van der Waals surface area contributed by atoms with Gasteiger partial charge in [-0.15, -0.1) is 11.3 Å². The number of thioether (sulfide) groups is 1. The van der Waals surface area contributed by atoms with Crippen molar-refractivity contribution in [1.82, 2.24) is 10.4 Å². The second kappa shape index (κ2) is 8.84. The highest BCUT2D eigenvalue weighted by atomic mass is 32.2. The van der Waals surface area contributed by atoms with Crippen LogP contribution in [0.3, 0.4) is 0 Å². The van der Waals surface area contributed by atoms with Crippen molar-refractivity contribution in [2.45, 2.75) is 12.4 Å². The first-order valence-electron chi connectivity index (χ1n) is 8.37. The topological polar surface area (TPSA) is 69.6 Å². The van der Waals surface area contributed by atoms with Crippen LogP contribution in [0.2, 0.25) is 0 Å². The van der Waals surface area contributed by atoms with Gasteiger partial charge in [-0.05, 0) is 46.8 Å². The molecule has 1 fully saturated rings. The summed E-state index contributed by atoms with van der Waals surface area (Å²) in [6, 6.07) is 2.64. The number of hydrogen-bond donors (Lipinski definition) is 2. The van der Waals surface area contributed by atoms with Crippen LogP contribution in [0.15, 0.2) is 34.6 Å². The molecule has 1 amide bonds. The van der Waals surface area contributed by atoms with Crippen molar-refractivity contribution in [2.24, 2.45) is 0 Å². The van der Waals surface area contributed by atoms with Crippen molar-refractivity contribution >= 4 is 57.6 Å². The number of amides is 1. The van der Waals surface area contributed by atoms with Gasteiger partial charge in [0.15, 0.2) is 4.32 Å². The van der Waals surface area contributed by atoms with Crippen LogP contribution < -0.4 is 5.43 Å². The van der Waals surface area contributed by atoms with Gasteiger partial charge in [0.1, 0.15) is 6.54 Å². The van der Waals surface area contributed by atoms with E-state index in [4.69, 9.17) is 17.3 Å². The number of carboxylic acid groups (broad SMARTS) is 1. The number of thiocarbonyl (C=S) groups is 1. The second-order valence-corrected chi connectivity index (χ2v) is 8.90. The molecule has 5 nitrogen and oxygen atoms in total. The highest BCUT2D eigenvalue weighted by Gasteiger charge is 2.37. The molecule has 1 saturated heterocycles. The van der Waals surface area contributed by atoms with Crippen LogP contribution in [0.5, 0.6) is 0 Å². The number of hydrazine groups is 1. The minimum absolute atomic E-state index is 0.0479. The normalized spacial score (nSPS) is 16.3. The molecule has 3 rings (SSSR count). The fourth-order valence-electron chi connectivity index (χ4n) is 2.58.